The first-order valence-electron chi connectivity index (χ1n) is 4.37. The van der Waals surface area contributed by atoms with Crippen molar-refractivity contribution in [3.05, 3.63) is 29.6 Å². The molecule has 0 saturated carbocycles. The quantitative estimate of drug-likeness (QED) is 0.705. The number of carbonyl (C=O) groups excluding carboxylic acids is 1. The molecule has 0 aromatic heterocycles. The van der Waals surface area contributed by atoms with Gasteiger partial charge in [0.25, 0.3) is 0 Å². The summed E-state index contributed by atoms with van der Waals surface area (Å²) in [4.78, 5) is 10.0. The van der Waals surface area contributed by atoms with Crippen molar-refractivity contribution < 1.29 is 19.0 Å². The van der Waals surface area contributed by atoms with Crippen LogP contribution in [0.5, 0.6) is 5.75 Å². The molecule has 1 atom stereocenters. The molecule has 1 rings (SSSR count). The summed E-state index contributed by atoms with van der Waals surface area (Å²) < 4.78 is 18.1. The molecule has 0 spiro atoms. The van der Waals surface area contributed by atoms with E-state index in [1.54, 1.807) is 0 Å². The smallest absolute Gasteiger partial charge is 0.207 e. The van der Waals surface area contributed by atoms with Gasteiger partial charge in [-0.15, -0.1) is 0 Å². The largest absolute Gasteiger partial charge is 0.497 e. The molecular formula is C10H12FNO3. The van der Waals surface area contributed by atoms with Crippen molar-refractivity contribution in [1.29, 1.82) is 0 Å². The van der Waals surface area contributed by atoms with Gasteiger partial charge in [-0.3, -0.25) is 4.79 Å². The molecule has 1 amide bonds. The van der Waals surface area contributed by atoms with Gasteiger partial charge in [-0.25, -0.2) is 4.39 Å². The lowest BCUT2D eigenvalue weighted by atomic mass is 10.1. The zero-order valence-corrected chi connectivity index (χ0v) is 8.24. The van der Waals surface area contributed by atoms with Crippen LogP contribution in [-0.2, 0) is 4.79 Å². The predicted molar refractivity (Wildman–Crippen MR) is 52.0 cm³/mol. The first-order chi connectivity index (χ1) is 7.19. The van der Waals surface area contributed by atoms with Gasteiger partial charge < -0.3 is 15.2 Å². The Kier molecular flexibility index (Phi) is 4.05. The zero-order chi connectivity index (χ0) is 11.3. The van der Waals surface area contributed by atoms with Crippen molar-refractivity contribution in [1.82, 2.24) is 5.32 Å². The van der Waals surface area contributed by atoms with Crippen LogP contribution in [0.25, 0.3) is 0 Å². The highest BCUT2D eigenvalue weighted by Gasteiger charge is 2.13. The standard InChI is InChI=1S/C10H12FNO3/c1-15-7-2-3-9(11)8(4-7)10(14)5-12-6-13/h2-4,6,10,14H,5H2,1H3,(H,12,13). The predicted octanol–water partition coefficient (Wildman–Crippen LogP) is 0.614. The van der Waals surface area contributed by atoms with Crippen LogP contribution in [0.4, 0.5) is 4.39 Å². The number of methoxy groups -OCH3 is 1. The third kappa shape index (κ3) is 2.92. The Morgan fingerprint density at radius 1 is 1.67 bits per heavy atom. The number of rotatable bonds is 5. The molecule has 2 N–H and O–H groups in total. The van der Waals surface area contributed by atoms with E-state index in [1.807, 2.05) is 0 Å². The average Bonchev–Trinajstić information content (AvgIpc) is 2.26. The second kappa shape index (κ2) is 5.31. The van der Waals surface area contributed by atoms with E-state index in [4.69, 9.17) is 4.74 Å². The van der Waals surface area contributed by atoms with Gasteiger partial charge in [0.15, 0.2) is 0 Å². The molecule has 0 fully saturated rings. The SMILES string of the molecule is COc1ccc(F)c(C(O)CNC=O)c1. The molecule has 15 heavy (non-hydrogen) atoms. The number of aliphatic hydroxyl groups excluding tert-OH is 1. The number of nitrogens with one attached hydrogen (secondary N) is 1. The van der Waals surface area contributed by atoms with Crippen LogP contribution in [0.15, 0.2) is 18.2 Å². The van der Waals surface area contributed by atoms with Crippen LogP contribution in [-0.4, -0.2) is 25.2 Å². The molecule has 0 aliphatic rings. The molecule has 0 saturated heterocycles. The minimum absolute atomic E-state index is 0.0341. The molecular weight excluding hydrogens is 201 g/mol. The molecule has 0 heterocycles. The summed E-state index contributed by atoms with van der Waals surface area (Å²) in [7, 11) is 1.45. The highest BCUT2D eigenvalue weighted by molar-refractivity contribution is 5.46. The second-order valence-corrected chi connectivity index (χ2v) is 2.93. The van der Waals surface area contributed by atoms with E-state index in [1.165, 1.54) is 25.3 Å². The number of carbonyl (C=O) groups is 1. The van der Waals surface area contributed by atoms with Gasteiger partial charge in [-0.05, 0) is 18.2 Å². The normalized spacial score (nSPS) is 11.9. The maximum absolute atomic E-state index is 13.3. The van der Waals surface area contributed by atoms with Crippen LogP contribution in [0.3, 0.4) is 0 Å². The van der Waals surface area contributed by atoms with Gasteiger partial charge >= 0.3 is 0 Å². The van der Waals surface area contributed by atoms with E-state index in [0.717, 1.165) is 0 Å². The summed E-state index contributed by atoms with van der Waals surface area (Å²) in [5.74, 6) is -0.0763. The number of halogens is 1. The molecule has 1 unspecified atom stereocenters. The monoisotopic (exact) mass is 213 g/mol. The van der Waals surface area contributed by atoms with E-state index in [2.05, 4.69) is 5.32 Å². The lowest BCUT2D eigenvalue weighted by molar-refractivity contribution is -0.110. The lowest BCUT2D eigenvalue weighted by Crippen LogP contribution is -2.20. The first-order valence-corrected chi connectivity index (χ1v) is 4.37. The second-order valence-electron chi connectivity index (χ2n) is 2.93. The minimum Gasteiger partial charge on any atom is -0.497 e. The molecule has 0 aliphatic heterocycles. The Balaban J connectivity index is 2.85. The highest BCUT2D eigenvalue weighted by Crippen LogP contribution is 2.21. The van der Waals surface area contributed by atoms with Crippen LogP contribution in [0.2, 0.25) is 0 Å². The van der Waals surface area contributed by atoms with Gasteiger partial charge in [0.1, 0.15) is 11.6 Å². The van der Waals surface area contributed by atoms with Gasteiger partial charge in [0.05, 0.1) is 13.2 Å². The number of benzene rings is 1. The highest BCUT2D eigenvalue weighted by atomic mass is 19.1. The van der Waals surface area contributed by atoms with E-state index in [0.29, 0.717) is 12.2 Å². The first kappa shape index (κ1) is 11.5. The van der Waals surface area contributed by atoms with Crippen molar-refractivity contribution in [2.24, 2.45) is 0 Å². The maximum Gasteiger partial charge on any atom is 0.207 e. The van der Waals surface area contributed by atoms with Gasteiger partial charge in [0.2, 0.25) is 6.41 Å². The number of hydrogen-bond acceptors (Lipinski definition) is 3. The average molecular weight is 213 g/mol. The van der Waals surface area contributed by atoms with Crippen LogP contribution < -0.4 is 10.1 Å². The number of ether oxygens (including phenoxy) is 1. The van der Waals surface area contributed by atoms with Gasteiger partial charge in [-0.2, -0.15) is 0 Å². The van der Waals surface area contributed by atoms with Crippen LogP contribution in [0, 0.1) is 5.82 Å². The summed E-state index contributed by atoms with van der Waals surface area (Å²) >= 11 is 0. The number of hydrogen-bond donors (Lipinski definition) is 2. The minimum atomic E-state index is -1.08. The van der Waals surface area contributed by atoms with Crippen molar-refractivity contribution >= 4 is 6.41 Å². The van der Waals surface area contributed by atoms with Gasteiger partial charge in [0, 0.05) is 12.1 Å². The Labute approximate surface area is 86.7 Å². The van der Waals surface area contributed by atoms with Crippen molar-refractivity contribution in [2.75, 3.05) is 13.7 Å². The Hall–Kier alpha value is -1.62. The van der Waals surface area contributed by atoms with Crippen LogP contribution >= 0.6 is 0 Å². The van der Waals surface area contributed by atoms with E-state index < -0.39 is 11.9 Å². The van der Waals surface area contributed by atoms with Crippen LogP contribution in [0.1, 0.15) is 11.7 Å². The molecule has 1 aromatic rings. The Morgan fingerprint density at radius 3 is 3.00 bits per heavy atom. The fourth-order valence-corrected chi connectivity index (χ4v) is 1.17. The van der Waals surface area contributed by atoms with E-state index >= 15 is 0 Å². The van der Waals surface area contributed by atoms with Crippen molar-refractivity contribution in [3.63, 3.8) is 0 Å². The summed E-state index contributed by atoms with van der Waals surface area (Å²) in [5, 5.41) is 11.8. The Morgan fingerprint density at radius 2 is 2.40 bits per heavy atom. The zero-order valence-electron chi connectivity index (χ0n) is 8.24. The molecule has 0 bridgehead atoms. The molecule has 1 aromatic carbocycles. The fourth-order valence-electron chi connectivity index (χ4n) is 1.17. The topological polar surface area (TPSA) is 58.6 Å². The summed E-state index contributed by atoms with van der Waals surface area (Å²) in [5.41, 5.74) is 0.101. The van der Waals surface area contributed by atoms with Crippen molar-refractivity contribution in [3.8, 4) is 5.75 Å². The maximum atomic E-state index is 13.3. The van der Waals surface area contributed by atoms with Crippen molar-refractivity contribution in [2.45, 2.75) is 6.10 Å². The molecule has 4 nitrogen and oxygen atoms in total. The summed E-state index contributed by atoms with van der Waals surface area (Å²) in [6.07, 6.45) is -0.633. The number of amides is 1. The third-order valence-electron chi connectivity index (χ3n) is 1.96. The molecule has 0 aliphatic carbocycles. The molecule has 82 valence electrons. The fraction of sp³-hybridized carbons (Fsp3) is 0.300. The Bertz CT molecular complexity index is 343. The molecule has 0 radical (unpaired) electrons. The number of aliphatic hydroxyl groups is 1. The summed E-state index contributed by atoms with van der Waals surface area (Å²) in [6, 6.07) is 4.06. The van der Waals surface area contributed by atoms with E-state index in [9.17, 15) is 14.3 Å². The summed E-state index contributed by atoms with van der Waals surface area (Å²) in [6.45, 7) is -0.0341. The third-order valence-corrected chi connectivity index (χ3v) is 1.96. The van der Waals surface area contributed by atoms with Gasteiger partial charge in [-0.1, -0.05) is 0 Å². The lowest BCUT2D eigenvalue weighted by Gasteiger charge is -2.12. The molecule has 5 heteroatoms. The van der Waals surface area contributed by atoms with E-state index in [-0.39, 0.29) is 12.1 Å².